The lowest BCUT2D eigenvalue weighted by molar-refractivity contribution is 0.0534. The summed E-state index contributed by atoms with van der Waals surface area (Å²) in [6.45, 7) is 3.35. The fourth-order valence-corrected chi connectivity index (χ4v) is 4.93. The van der Waals surface area contributed by atoms with Crippen LogP contribution >= 0.6 is 0 Å². The third kappa shape index (κ3) is 5.18. The monoisotopic (exact) mass is 538 g/mol. The highest BCUT2D eigenvalue weighted by Gasteiger charge is 2.29. The van der Waals surface area contributed by atoms with Gasteiger partial charge >= 0.3 is 0 Å². The number of nitrogens with zero attached hydrogens (tertiary/aromatic N) is 2. The molecule has 4 aromatic carbocycles. The number of nitrogens with one attached hydrogen (secondary N) is 2. The molecule has 0 aromatic heterocycles. The van der Waals surface area contributed by atoms with Gasteiger partial charge in [-0.1, -0.05) is 61.5 Å². The Morgan fingerprint density at radius 2 is 1.35 bits per heavy atom. The fourth-order valence-electron chi connectivity index (χ4n) is 4.93. The molecule has 1 atom stereocenters. The SMILES string of the molecule is CCC(Nc1c(Nc2cccc(C(=O)N3CCN(C(=O)c4ccccc4)CC3)c2O)c(=O)c1=O)c1ccccc1. The number of phenolic OH excluding ortho intramolecular Hbond substituents is 1. The summed E-state index contributed by atoms with van der Waals surface area (Å²) in [5.41, 5.74) is 0.656. The Balaban J connectivity index is 1.29. The normalized spacial score (nSPS) is 14.1. The Bertz CT molecular complexity index is 1590. The number of carbonyl (C=O) groups excluding carboxylic acids is 2. The van der Waals surface area contributed by atoms with Crippen molar-refractivity contribution in [3.05, 3.63) is 116 Å². The first-order chi connectivity index (χ1) is 19.4. The molecule has 0 aliphatic carbocycles. The number of phenols is 1. The van der Waals surface area contributed by atoms with E-state index in [9.17, 15) is 24.3 Å². The molecule has 3 N–H and O–H groups in total. The van der Waals surface area contributed by atoms with Crippen LogP contribution in [-0.4, -0.2) is 52.9 Å². The predicted octanol–water partition coefficient (Wildman–Crippen LogP) is 3.89. The third-order valence-electron chi connectivity index (χ3n) is 7.24. The highest BCUT2D eigenvalue weighted by Crippen LogP contribution is 2.33. The summed E-state index contributed by atoms with van der Waals surface area (Å²) >= 11 is 0. The van der Waals surface area contributed by atoms with E-state index in [1.54, 1.807) is 28.0 Å². The minimum atomic E-state index is -0.694. The molecular formula is C31H30N4O5. The van der Waals surface area contributed by atoms with Crippen molar-refractivity contribution < 1.29 is 14.7 Å². The maximum Gasteiger partial charge on any atom is 0.257 e. The van der Waals surface area contributed by atoms with Crippen LogP contribution in [0.1, 0.15) is 45.7 Å². The Morgan fingerprint density at radius 1 is 0.775 bits per heavy atom. The van der Waals surface area contributed by atoms with E-state index in [2.05, 4.69) is 10.6 Å². The van der Waals surface area contributed by atoms with Crippen molar-refractivity contribution in [2.75, 3.05) is 36.8 Å². The van der Waals surface area contributed by atoms with Gasteiger partial charge in [0.2, 0.25) is 0 Å². The molecule has 4 aromatic rings. The molecule has 1 aliphatic rings. The van der Waals surface area contributed by atoms with Gasteiger partial charge in [0.25, 0.3) is 22.7 Å². The average Bonchev–Trinajstić information content (AvgIpc) is 3.01. The van der Waals surface area contributed by atoms with Gasteiger partial charge in [-0.2, -0.15) is 0 Å². The first-order valence-electron chi connectivity index (χ1n) is 13.3. The van der Waals surface area contributed by atoms with Gasteiger partial charge in [-0.25, -0.2) is 0 Å². The van der Waals surface area contributed by atoms with Crippen molar-refractivity contribution in [3.63, 3.8) is 0 Å². The van der Waals surface area contributed by atoms with Crippen LogP contribution in [0.15, 0.2) is 88.5 Å². The summed E-state index contributed by atoms with van der Waals surface area (Å²) in [5.74, 6) is -0.785. The van der Waals surface area contributed by atoms with Crippen molar-refractivity contribution >= 4 is 28.9 Å². The summed E-state index contributed by atoms with van der Waals surface area (Å²) < 4.78 is 0. The second-order valence-electron chi connectivity index (χ2n) is 9.70. The maximum absolute atomic E-state index is 13.3. The van der Waals surface area contributed by atoms with E-state index in [-0.39, 0.29) is 46.2 Å². The van der Waals surface area contributed by atoms with Crippen LogP contribution in [0, 0.1) is 0 Å². The lowest BCUT2D eigenvalue weighted by Gasteiger charge is -2.35. The molecule has 5 rings (SSSR count). The molecule has 1 aliphatic heterocycles. The van der Waals surface area contributed by atoms with Gasteiger partial charge in [-0.05, 0) is 36.2 Å². The Morgan fingerprint density at radius 3 is 1.98 bits per heavy atom. The molecule has 2 amide bonds. The highest BCUT2D eigenvalue weighted by atomic mass is 16.3. The van der Waals surface area contributed by atoms with Gasteiger partial charge in [0.05, 0.1) is 17.3 Å². The van der Waals surface area contributed by atoms with Gasteiger partial charge in [-0.3, -0.25) is 19.2 Å². The van der Waals surface area contributed by atoms with Crippen molar-refractivity contribution in [1.82, 2.24) is 9.80 Å². The number of hydrogen-bond donors (Lipinski definition) is 3. The Labute approximate surface area is 231 Å². The van der Waals surface area contributed by atoms with Gasteiger partial charge in [0.1, 0.15) is 11.4 Å². The van der Waals surface area contributed by atoms with E-state index in [0.29, 0.717) is 38.2 Å². The van der Waals surface area contributed by atoms with Crippen molar-refractivity contribution in [2.24, 2.45) is 0 Å². The zero-order valence-corrected chi connectivity index (χ0v) is 22.1. The van der Waals surface area contributed by atoms with Crippen LogP contribution in [0.2, 0.25) is 0 Å². The Hall–Kier alpha value is -4.92. The molecule has 204 valence electrons. The minimum Gasteiger partial charge on any atom is -0.505 e. The van der Waals surface area contributed by atoms with Crippen LogP contribution in [0.4, 0.5) is 17.1 Å². The van der Waals surface area contributed by atoms with E-state index in [1.807, 2.05) is 55.5 Å². The molecule has 9 nitrogen and oxygen atoms in total. The van der Waals surface area contributed by atoms with E-state index in [1.165, 1.54) is 12.1 Å². The van der Waals surface area contributed by atoms with Gasteiger partial charge < -0.3 is 25.5 Å². The molecule has 0 radical (unpaired) electrons. The lowest BCUT2D eigenvalue weighted by Crippen LogP contribution is -2.50. The van der Waals surface area contributed by atoms with Gasteiger partial charge in [0, 0.05) is 31.7 Å². The second-order valence-corrected chi connectivity index (χ2v) is 9.70. The zero-order valence-electron chi connectivity index (χ0n) is 22.1. The van der Waals surface area contributed by atoms with Crippen LogP contribution in [0.3, 0.4) is 0 Å². The summed E-state index contributed by atoms with van der Waals surface area (Å²) in [7, 11) is 0. The first-order valence-corrected chi connectivity index (χ1v) is 13.3. The summed E-state index contributed by atoms with van der Waals surface area (Å²) in [4.78, 5) is 54.2. The highest BCUT2D eigenvalue weighted by molar-refractivity contribution is 6.00. The quantitative estimate of drug-likeness (QED) is 0.230. The Kier molecular flexibility index (Phi) is 7.63. The number of amides is 2. The molecule has 1 heterocycles. The molecular weight excluding hydrogens is 508 g/mol. The maximum atomic E-state index is 13.3. The molecule has 1 saturated heterocycles. The standard InChI is InChI=1S/C31H30N4O5/c1-2-23(20-10-5-3-6-11-20)32-25-26(29(38)28(25)37)33-24-15-9-14-22(27(24)36)31(40)35-18-16-34(17-19-35)30(39)21-12-7-4-8-13-21/h3-15,23,32-33,36H,2,16-19H2,1H3. The average molecular weight is 539 g/mol. The smallest absolute Gasteiger partial charge is 0.257 e. The third-order valence-corrected chi connectivity index (χ3v) is 7.24. The zero-order chi connectivity index (χ0) is 28.2. The number of carbonyl (C=O) groups is 2. The predicted molar refractivity (Wildman–Crippen MR) is 154 cm³/mol. The molecule has 0 spiro atoms. The van der Waals surface area contributed by atoms with E-state index < -0.39 is 10.9 Å². The molecule has 1 unspecified atom stereocenters. The number of anilines is 3. The van der Waals surface area contributed by atoms with Crippen molar-refractivity contribution in [2.45, 2.75) is 19.4 Å². The van der Waals surface area contributed by atoms with Crippen molar-refractivity contribution in [3.8, 4) is 5.75 Å². The van der Waals surface area contributed by atoms with Crippen LogP contribution in [0.25, 0.3) is 0 Å². The van der Waals surface area contributed by atoms with Crippen LogP contribution in [-0.2, 0) is 0 Å². The molecule has 9 heteroatoms. The number of para-hydroxylation sites is 1. The number of hydrogen-bond acceptors (Lipinski definition) is 7. The van der Waals surface area contributed by atoms with E-state index >= 15 is 0 Å². The summed E-state index contributed by atoms with van der Waals surface area (Å²) in [5, 5.41) is 17.0. The first kappa shape index (κ1) is 26.7. The summed E-state index contributed by atoms with van der Waals surface area (Å²) in [6, 6.07) is 23.1. The number of rotatable bonds is 8. The topological polar surface area (TPSA) is 119 Å². The number of aromatic hydroxyl groups is 1. The molecule has 40 heavy (non-hydrogen) atoms. The summed E-state index contributed by atoms with van der Waals surface area (Å²) in [6.07, 6.45) is 0.682. The van der Waals surface area contributed by atoms with Crippen molar-refractivity contribution in [1.29, 1.82) is 0 Å². The van der Waals surface area contributed by atoms with E-state index in [0.717, 1.165) is 5.56 Å². The molecule has 0 bridgehead atoms. The molecule has 1 fully saturated rings. The van der Waals surface area contributed by atoms with Crippen LogP contribution < -0.4 is 21.5 Å². The second kappa shape index (κ2) is 11.4. The number of benzene rings is 3. The molecule has 0 saturated carbocycles. The van der Waals surface area contributed by atoms with Crippen LogP contribution in [0.5, 0.6) is 5.75 Å². The largest absolute Gasteiger partial charge is 0.505 e. The lowest BCUT2D eigenvalue weighted by atomic mass is 10.0. The fraction of sp³-hybridized carbons (Fsp3) is 0.226. The van der Waals surface area contributed by atoms with Gasteiger partial charge in [0.15, 0.2) is 5.75 Å². The minimum absolute atomic E-state index is 0.0484. The van der Waals surface area contributed by atoms with Gasteiger partial charge in [-0.15, -0.1) is 0 Å². The van der Waals surface area contributed by atoms with E-state index in [4.69, 9.17) is 0 Å². The number of piperazine rings is 1.